The molecule has 1 aromatic carbocycles. The van der Waals surface area contributed by atoms with E-state index in [-0.39, 0.29) is 18.0 Å². The lowest BCUT2D eigenvalue weighted by atomic mass is 10.2. The number of nitrogens with zero attached hydrogens (tertiary/aromatic N) is 2. The van der Waals surface area contributed by atoms with E-state index < -0.39 is 0 Å². The maximum absolute atomic E-state index is 12.5. The second-order valence-corrected chi connectivity index (χ2v) is 7.02. The highest BCUT2D eigenvalue weighted by atomic mass is 35.5. The van der Waals surface area contributed by atoms with Gasteiger partial charge in [-0.15, -0.1) is 11.3 Å². The van der Waals surface area contributed by atoms with Crippen molar-refractivity contribution in [3.8, 4) is 0 Å². The Labute approximate surface area is 147 Å². The van der Waals surface area contributed by atoms with Crippen molar-refractivity contribution in [3.05, 3.63) is 56.4 Å². The Bertz CT molecular complexity index is 978. The van der Waals surface area contributed by atoms with Gasteiger partial charge in [0, 0.05) is 4.88 Å². The molecule has 0 aliphatic rings. The Balaban J connectivity index is 1.82. The van der Waals surface area contributed by atoms with Gasteiger partial charge in [0.1, 0.15) is 11.4 Å². The molecule has 7 heteroatoms. The lowest BCUT2D eigenvalue weighted by molar-refractivity contribution is -0.116. The van der Waals surface area contributed by atoms with Crippen LogP contribution in [0.3, 0.4) is 0 Å². The van der Waals surface area contributed by atoms with Crippen LogP contribution in [-0.2, 0) is 17.8 Å². The Kier molecular flexibility index (Phi) is 4.69. The molecule has 0 fully saturated rings. The third kappa shape index (κ3) is 3.34. The zero-order valence-corrected chi connectivity index (χ0v) is 14.9. The summed E-state index contributed by atoms with van der Waals surface area (Å²) in [5, 5.41) is 3.75. The highest BCUT2D eigenvalue weighted by Gasteiger charge is 2.12. The third-order valence-corrected chi connectivity index (χ3v) is 5.13. The van der Waals surface area contributed by atoms with Gasteiger partial charge in [0.2, 0.25) is 5.91 Å². The van der Waals surface area contributed by atoms with Crippen LogP contribution in [0.15, 0.2) is 35.4 Å². The number of nitrogens with one attached hydrogen (secondary N) is 1. The molecule has 124 valence electrons. The average molecular weight is 362 g/mol. The third-order valence-electron chi connectivity index (χ3n) is 3.63. The summed E-state index contributed by atoms with van der Waals surface area (Å²) < 4.78 is 1.31. The van der Waals surface area contributed by atoms with Gasteiger partial charge in [-0.2, -0.15) is 0 Å². The summed E-state index contributed by atoms with van der Waals surface area (Å²) in [6, 6.07) is 7.22. The monoisotopic (exact) mass is 361 g/mol. The number of aromatic nitrogens is 2. The van der Waals surface area contributed by atoms with E-state index in [1.165, 1.54) is 22.2 Å². The Morgan fingerprint density at radius 1 is 1.38 bits per heavy atom. The Hall–Kier alpha value is -2.18. The first-order valence-electron chi connectivity index (χ1n) is 7.51. The molecule has 0 aliphatic carbocycles. The van der Waals surface area contributed by atoms with Crippen molar-refractivity contribution in [2.75, 3.05) is 5.32 Å². The van der Waals surface area contributed by atoms with Gasteiger partial charge in [0.05, 0.1) is 22.4 Å². The first-order chi connectivity index (χ1) is 11.5. The fraction of sp³-hybridized carbons (Fsp3) is 0.235. The number of aryl methyl sites for hydroxylation is 2. The first kappa shape index (κ1) is 16.7. The predicted molar refractivity (Wildman–Crippen MR) is 98.1 cm³/mol. The number of hydrogen-bond acceptors (Lipinski definition) is 4. The van der Waals surface area contributed by atoms with Gasteiger partial charge in [-0.25, -0.2) is 4.98 Å². The van der Waals surface area contributed by atoms with E-state index in [2.05, 4.69) is 10.3 Å². The van der Waals surface area contributed by atoms with Gasteiger partial charge in [-0.3, -0.25) is 14.2 Å². The minimum absolute atomic E-state index is 0.108. The van der Waals surface area contributed by atoms with E-state index in [0.29, 0.717) is 20.9 Å². The van der Waals surface area contributed by atoms with E-state index in [1.54, 1.807) is 12.1 Å². The average Bonchev–Trinajstić information content (AvgIpc) is 2.97. The van der Waals surface area contributed by atoms with Crippen molar-refractivity contribution >= 4 is 44.7 Å². The molecule has 0 spiro atoms. The van der Waals surface area contributed by atoms with Crippen LogP contribution in [-0.4, -0.2) is 15.5 Å². The zero-order valence-electron chi connectivity index (χ0n) is 13.3. The summed E-state index contributed by atoms with van der Waals surface area (Å²) in [6.07, 6.45) is 2.27. The van der Waals surface area contributed by atoms with Crippen LogP contribution >= 0.6 is 22.9 Å². The molecule has 0 bridgehead atoms. The molecule has 2 aromatic heterocycles. The summed E-state index contributed by atoms with van der Waals surface area (Å²) in [5.74, 6) is -0.324. The van der Waals surface area contributed by atoms with Gasteiger partial charge in [0.25, 0.3) is 5.56 Å². The van der Waals surface area contributed by atoms with Gasteiger partial charge < -0.3 is 5.32 Å². The molecule has 1 amide bonds. The molecule has 0 unspecified atom stereocenters. The number of carbonyl (C=O) groups excluding carboxylic acids is 1. The van der Waals surface area contributed by atoms with Gasteiger partial charge >= 0.3 is 0 Å². The van der Waals surface area contributed by atoms with E-state index in [4.69, 9.17) is 11.6 Å². The highest BCUT2D eigenvalue weighted by molar-refractivity contribution is 7.18. The molecular weight excluding hydrogens is 346 g/mol. The normalized spacial score (nSPS) is 11.0. The second kappa shape index (κ2) is 6.75. The minimum atomic E-state index is -0.324. The van der Waals surface area contributed by atoms with Gasteiger partial charge in [-0.1, -0.05) is 24.6 Å². The summed E-state index contributed by atoms with van der Waals surface area (Å²) in [7, 11) is 0. The largest absolute Gasteiger partial charge is 0.323 e. The number of anilines is 1. The van der Waals surface area contributed by atoms with Crippen LogP contribution in [0.5, 0.6) is 0 Å². The van der Waals surface area contributed by atoms with Crippen molar-refractivity contribution in [2.45, 2.75) is 26.8 Å². The lowest BCUT2D eigenvalue weighted by Gasteiger charge is -2.09. The second-order valence-electron chi connectivity index (χ2n) is 5.49. The summed E-state index contributed by atoms with van der Waals surface area (Å²) in [5.41, 5.74) is 1.33. The molecule has 3 rings (SSSR count). The molecular formula is C17H16ClN3O2S. The molecule has 2 heterocycles. The van der Waals surface area contributed by atoms with Crippen molar-refractivity contribution in [2.24, 2.45) is 0 Å². The number of fused-ring (bicyclic) bond motifs is 1. The van der Waals surface area contributed by atoms with Crippen LogP contribution in [0, 0.1) is 6.92 Å². The van der Waals surface area contributed by atoms with Gasteiger partial charge in [-0.05, 0) is 37.1 Å². The van der Waals surface area contributed by atoms with Crippen molar-refractivity contribution in [1.29, 1.82) is 0 Å². The first-order valence-corrected chi connectivity index (χ1v) is 8.71. The number of rotatable bonds is 4. The van der Waals surface area contributed by atoms with Gasteiger partial charge in [0.15, 0.2) is 0 Å². The molecule has 3 aromatic rings. The van der Waals surface area contributed by atoms with E-state index >= 15 is 0 Å². The van der Waals surface area contributed by atoms with E-state index in [9.17, 15) is 9.59 Å². The van der Waals surface area contributed by atoms with Crippen LogP contribution in [0.1, 0.15) is 17.4 Å². The Morgan fingerprint density at radius 2 is 2.17 bits per heavy atom. The summed E-state index contributed by atoms with van der Waals surface area (Å²) in [6.45, 7) is 3.84. The zero-order chi connectivity index (χ0) is 17.3. The van der Waals surface area contributed by atoms with Crippen LogP contribution in [0.4, 0.5) is 5.69 Å². The van der Waals surface area contributed by atoms with Crippen molar-refractivity contribution in [1.82, 2.24) is 9.55 Å². The quantitative estimate of drug-likeness (QED) is 0.771. The van der Waals surface area contributed by atoms with Crippen LogP contribution in [0.25, 0.3) is 10.2 Å². The number of thiophene rings is 1. The number of halogens is 1. The molecule has 0 aliphatic heterocycles. The molecule has 0 atom stereocenters. The van der Waals surface area contributed by atoms with Crippen LogP contribution in [0.2, 0.25) is 5.02 Å². The van der Waals surface area contributed by atoms with Crippen LogP contribution < -0.4 is 10.9 Å². The molecule has 0 radical (unpaired) electrons. The minimum Gasteiger partial charge on any atom is -0.323 e. The molecule has 0 saturated carbocycles. The summed E-state index contributed by atoms with van der Waals surface area (Å²) in [4.78, 5) is 30.8. The number of hydrogen-bond donors (Lipinski definition) is 1. The topological polar surface area (TPSA) is 64.0 Å². The number of carbonyl (C=O) groups is 1. The fourth-order valence-electron chi connectivity index (χ4n) is 2.36. The van der Waals surface area contributed by atoms with Crippen molar-refractivity contribution < 1.29 is 4.79 Å². The SMILES string of the molecule is CCc1cc2c(=O)n(CC(=O)Nc3ccc(C)cc3Cl)cnc2s1. The molecule has 0 saturated heterocycles. The predicted octanol–water partition coefficient (Wildman–Crippen LogP) is 3.62. The molecule has 5 nitrogen and oxygen atoms in total. The smallest absolute Gasteiger partial charge is 0.262 e. The Morgan fingerprint density at radius 3 is 2.88 bits per heavy atom. The molecule has 24 heavy (non-hydrogen) atoms. The highest BCUT2D eigenvalue weighted by Crippen LogP contribution is 2.23. The number of benzene rings is 1. The summed E-state index contributed by atoms with van der Waals surface area (Å²) >= 11 is 7.61. The fourth-order valence-corrected chi connectivity index (χ4v) is 3.57. The van der Waals surface area contributed by atoms with E-state index in [1.807, 2.05) is 26.0 Å². The number of amides is 1. The maximum Gasteiger partial charge on any atom is 0.262 e. The maximum atomic E-state index is 12.5. The van der Waals surface area contributed by atoms with Crippen molar-refractivity contribution in [3.63, 3.8) is 0 Å². The van der Waals surface area contributed by atoms with E-state index in [0.717, 1.165) is 16.9 Å². The lowest BCUT2D eigenvalue weighted by Crippen LogP contribution is -2.27. The standard InChI is InChI=1S/C17H16ClN3O2S/c1-3-11-7-12-16(24-11)19-9-21(17(12)23)8-15(22)20-14-5-4-10(2)6-13(14)18/h4-7,9H,3,8H2,1-2H3,(H,20,22). The molecule has 1 N–H and O–H groups in total.